The number of carboxylic acids is 2. The molecule has 0 amide bonds. The van der Waals surface area contributed by atoms with Crippen LogP contribution in [0.25, 0.3) is 0 Å². The summed E-state index contributed by atoms with van der Waals surface area (Å²) in [5, 5.41) is 22.9. The van der Waals surface area contributed by atoms with Crippen LogP contribution in [0.3, 0.4) is 0 Å². The smallest absolute Gasteiger partial charge is 0.300 e. The van der Waals surface area contributed by atoms with Crippen LogP contribution >= 0.6 is 0 Å². The number of aliphatic hydroxyl groups is 1. The summed E-state index contributed by atoms with van der Waals surface area (Å²) in [5.41, 5.74) is 0. The van der Waals surface area contributed by atoms with Gasteiger partial charge in [-0.1, -0.05) is 0 Å². The summed E-state index contributed by atoms with van der Waals surface area (Å²) >= 11 is 0. The first-order valence-electron chi connectivity index (χ1n) is 3.27. The van der Waals surface area contributed by atoms with Crippen LogP contribution in [0.1, 0.15) is 27.7 Å². The Morgan fingerprint density at radius 2 is 1.00 bits per heavy atom. The van der Waals surface area contributed by atoms with Gasteiger partial charge in [-0.2, -0.15) is 0 Å². The van der Waals surface area contributed by atoms with Crippen molar-refractivity contribution in [1.29, 1.82) is 0 Å². The van der Waals surface area contributed by atoms with Gasteiger partial charge >= 0.3 is 0 Å². The number of aliphatic carboxylic acids is 2. The second-order valence-electron chi connectivity index (χ2n) is 2.13. The standard InChI is InChI=1S/C3H8O.2C2H4O2.La/c1-3(2)4;2*1-2(3)4;/h3-4H,1-2H3;2*1H3,(H,3,4);. The van der Waals surface area contributed by atoms with Crippen molar-refractivity contribution in [2.24, 2.45) is 0 Å². The van der Waals surface area contributed by atoms with E-state index >= 15 is 0 Å². The first-order valence-corrected chi connectivity index (χ1v) is 3.27. The minimum absolute atomic E-state index is 0. The van der Waals surface area contributed by atoms with Gasteiger partial charge in [-0.05, 0) is 13.8 Å². The van der Waals surface area contributed by atoms with Gasteiger partial charge in [0.15, 0.2) is 0 Å². The van der Waals surface area contributed by atoms with E-state index in [1.807, 2.05) is 0 Å². The maximum Gasteiger partial charge on any atom is 0.300 e. The summed E-state index contributed by atoms with van der Waals surface area (Å²) in [4.78, 5) is 18.0. The SMILES string of the molecule is CC(=O)O.CC(=O)O.CC(C)O.[La]. The summed E-state index contributed by atoms with van der Waals surface area (Å²) in [5.74, 6) is -1.67. The monoisotopic (exact) mass is 319 g/mol. The molecule has 0 aliphatic heterocycles. The van der Waals surface area contributed by atoms with Crippen molar-refractivity contribution in [3.8, 4) is 0 Å². The Bertz CT molecular complexity index is 101. The zero-order valence-electron chi connectivity index (χ0n) is 8.31. The number of aliphatic hydroxyl groups excluding tert-OH is 1. The maximum absolute atomic E-state index is 9.00. The zero-order valence-corrected chi connectivity index (χ0v) is 11.9. The van der Waals surface area contributed by atoms with Gasteiger partial charge in [0.1, 0.15) is 0 Å². The fraction of sp³-hybridized carbons (Fsp3) is 0.714. The molecule has 5 nitrogen and oxygen atoms in total. The minimum atomic E-state index is -0.833. The van der Waals surface area contributed by atoms with Crippen LogP contribution in [0.2, 0.25) is 0 Å². The third kappa shape index (κ3) is 137000. The largest absolute Gasteiger partial charge is 0.481 e. The molecule has 1 radical (unpaired) electrons. The molecule has 0 unspecified atom stereocenters. The maximum atomic E-state index is 9.00. The minimum Gasteiger partial charge on any atom is -0.481 e. The van der Waals surface area contributed by atoms with Gasteiger partial charge in [0, 0.05) is 55.6 Å². The molecule has 0 aromatic rings. The molecule has 13 heavy (non-hydrogen) atoms. The normalized spacial score (nSPS) is 6.62. The Kier molecular flexibility index (Phi) is 32.1. The van der Waals surface area contributed by atoms with Crippen LogP contribution in [0, 0.1) is 35.6 Å². The number of hydrogen-bond donors (Lipinski definition) is 3. The van der Waals surface area contributed by atoms with Gasteiger partial charge < -0.3 is 15.3 Å². The van der Waals surface area contributed by atoms with Crippen molar-refractivity contribution in [3.63, 3.8) is 0 Å². The molecule has 0 bridgehead atoms. The van der Waals surface area contributed by atoms with Crippen molar-refractivity contribution in [2.45, 2.75) is 33.8 Å². The second kappa shape index (κ2) is 18.0. The molecule has 0 saturated carbocycles. The molecule has 0 saturated heterocycles. The Hall–Kier alpha value is 0.0948. The van der Waals surface area contributed by atoms with Gasteiger partial charge in [0.2, 0.25) is 0 Å². The summed E-state index contributed by atoms with van der Waals surface area (Å²) in [6, 6.07) is 0. The molecule has 0 aromatic carbocycles. The first-order chi connectivity index (χ1) is 5.20. The third-order valence-electron chi connectivity index (χ3n) is 0. The average molecular weight is 319 g/mol. The van der Waals surface area contributed by atoms with E-state index in [1.165, 1.54) is 0 Å². The Morgan fingerprint density at radius 3 is 1.00 bits per heavy atom. The van der Waals surface area contributed by atoms with E-state index in [-0.39, 0.29) is 41.7 Å². The summed E-state index contributed by atoms with van der Waals surface area (Å²) in [6.07, 6.45) is -0.167. The Morgan fingerprint density at radius 1 is 1.00 bits per heavy atom. The quantitative estimate of drug-likeness (QED) is 0.607. The van der Waals surface area contributed by atoms with E-state index in [9.17, 15) is 0 Å². The Balaban J connectivity index is -0.0000000450. The van der Waals surface area contributed by atoms with Gasteiger partial charge in [0.25, 0.3) is 11.9 Å². The topological polar surface area (TPSA) is 94.8 Å². The van der Waals surface area contributed by atoms with Crippen LogP contribution in [0.15, 0.2) is 0 Å². The average Bonchev–Trinajstić information content (AvgIpc) is 1.54. The molecular weight excluding hydrogens is 303 g/mol. The summed E-state index contributed by atoms with van der Waals surface area (Å²) < 4.78 is 0. The molecule has 0 aromatic heterocycles. The summed E-state index contributed by atoms with van der Waals surface area (Å²) in [7, 11) is 0. The van der Waals surface area contributed by atoms with Gasteiger partial charge in [0.05, 0.1) is 0 Å². The van der Waals surface area contributed by atoms with Crippen molar-refractivity contribution in [2.75, 3.05) is 0 Å². The van der Waals surface area contributed by atoms with Crippen molar-refractivity contribution in [1.82, 2.24) is 0 Å². The van der Waals surface area contributed by atoms with Crippen LogP contribution in [-0.4, -0.2) is 33.4 Å². The van der Waals surface area contributed by atoms with Crippen LogP contribution in [0.5, 0.6) is 0 Å². The van der Waals surface area contributed by atoms with Gasteiger partial charge in [-0.3, -0.25) is 9.59 Å². The zero-order chi connectivity index (χ0) is 10.7. The molecule has 0 aliphatic rings. The predicted molar refractivity (Wildman–Crippen MR) is 44.0 cm³/mol. The first kappa shape index (κ1) is 23.2. The van der Waals surface area contributed by atoms with Gasteiger partial charge in [-0.25, -0.2) is 0 Å². The molecule has 77 valence electrons. The molecular formula is C7H16LaO5. The van der Waals surface area contributed by atoms with Crippen LogP contribution < -0.4 is 0 Å². The van der Waals surface area contributed by atoms with E-state index in [0.29, 0.717) is 0 Å². The van der Waals surface area contributed by atoms with E-state index in [2.05, 4.69) is 0 Å². The molecule has 0 heterocycles. The Labute approximate surface area is 106 Å². The fourth-order valence-electron chi connectivity index (χ4n) is 0. The molecule has 0 atom stereocenters. The van der Waals surface area contributed by atoms with E-state index in [4.69, 9.17) is 24.9 Å². The summed E-state index contributed by atoms with van der Waals surface area (Å²) in [6.45, 7) is 5.61. The van der Waals surface area contributed by atoms with E-state index in [0.717, 1.165) is 13.8 Å². The number of rotatable bonds is 0. The second-order valence-corrected chi connectivity index (χ2v) is 2.13. The van der Waals surface area contributed by atoms with Crippen LogP contribution in [-0.2, 0) is 9.59 Å². The van der Waals surface area contributed by atoms with Crippen molar-refractivity contribution in [3.05, 3.63) is 0 Å². The molecule has 6 heteroatoms. The van der Waals surface area contributed by atoms with Crippen molar-refractivity contribution < 1.29 is 60.5 Å². The molecule has 0 aliphatic carbocycles. The molecule has 0 spiro atoms. The molecule has 3 N–H and O–H groups in total. The van der Waals surface area contributed by atoms with E-state index in [1.54, 1.807) is 13.8 Å². The number of hydrogen-bond acceptors (Lipinski definition) is 3. The number of carbonyl (C=O) groups is 2. The number of carboxylic acid groups (broad SMARTS) is 2. The third-order valence-corrected chi connectivity index (χ3v) is 0. The molecule has 0 rings (SSSR count). The van der Waals surface area contributed by atoms with Gasteiger partial charge in [-0.15, -0.1) is 0 Å². The van der Waals surface area contributed by atoms with Crippen LogP contribution in [0.4, 0.5) is 0 Å². The predicted octanol–water partition coefficient (Wildman–Crippen LogP) is 0.569. The molecule has 0 fully saturated rings. The van der Waals surface area contributed by atoms with E-state index < -0.39 is 11.9 Å². The fourth-order valence-corrected chi connectivity index (χ4v) is 0. The van der Waals surface area contributed by atoms with Crippen molar-refractivity contribution >= 4 is 11.9 Å².